The van der Waals surface area contributed by atoms with Crippen molar-refractivity contribution in [2.24, 2.45) is 5.10 Å². The summed E-state index contributed by atoms with van der Waals surface area (Å²) in [6.07, 6.45) is 1.53. The monoisotopic (exact) mass is 454 g/mol. The van der Waals surface area contributed by atoms with Crippen LogP contribution in [0.15, 0.2) is 90.0 Å². The first-order valence-electron chi connectivity index (χ1n) is 10.5. The van der Waals surface area contributed by atoms with Crippen molar-refractivity contribution >= 4 is 28.9 Å². The Kier molecular flexibility index (Phi) is 6.84. The van der Waals surface area contributed by atoms with Gasteiger partial charge in [0.05, 0.1) is 18.9 Å². The number of carbonyl (C=O) groups excluding carboxylic acids is 1. The zero-order valence-electron chi connectivity index (χ0n) is 18.4. The number of fused-ring (bicyclic) bond motifs is 1. The molecule has 1 amide bonds. The fourth-order valence-electron chi connectivity index (χ4n) is 3.44. The summed E-state index contributed by atoms with van der Waals surface area (Å²) in [6, 6.07) is 25.0. The maximum absolute atomic E-state index is 12.6. The number of rotatable bonds is 8. The molecule has 0 bridgehead atoms. The van der Waals surface area contributed by atoms with E-state index < -0.39 is 5.97 Å². The number of nitrogens with zero attached hydrogens (tertiary/aromatic N) is 1. The van der Waals surface area contributed by atoms with E-state index in [-0.39, 0.29) is 18.1 Å². The number of aromatic carboxylic acids is 1. The molecule has 0 atom stereocenters. The molecule has 2 N–H and O–H groups in total. The third-order valence-corrected chi connectivity index (χ3v) is 5.20. The quantitative estimate of drug-likeness (QED) is 0.292. The highest BCUT2D eigenvalue weighted by molar-refractivity contribution is 6.07. The molecule has 0 aromatic heterocycles. The summed E-state index contributed by atoms with van der Waals surface area (Å²) in [4.78, 5) is 23.6. The van der Waals surface area contributed by atoms with E-state index in [1.807, 2.05) is 36.4 Å². The number of methoxy groups -OCH3 is 1. The first-order chi connectivity index (χ1) is 16.5. The molecule has 0 unspecified atom stereocenters. The number of ether oxygens (including phenoxy) is 2. The molecule has 0 aliphatic rings. The highest BCUT2D eigenvalue weighted by Gasteiger charge is 2.09. The fourth-order valence-corrected chi connectivity index (χ4v) is 3.44. The van der Waals surface area contributed by atoms with Crippen molar-refractivity contribution in [3.8, 4) is 11.5 Å². The molecule has 34 heavy (non-hydrogen) atoms. The van der Waals surface area contributed by atoms with Gasteiger partial charge in [0.15, 0.2) is 11.5 Å². The van der Waals surface area contributed by atoms with Crippen LogP contribution in [0, 0.1) is 0 Å². The molecule has 0 saturated heterocycles. The predicted molar refractivity (Wildman–Crippen MR) is 130 cm³/mol. The molecule has 0 spiro atoms. The number of hydrazone groups is 1. The van der Waals surface area contributed by atoms with E-state index >= 15 is 0 Å². The molecule has 4 aromatic carbocycles. The second-order valence-electron chi connectivity index (χ2n) is 7.43. The molecule has 4 aromatic rings. The van der Waals surface area contributed by atoms with Crippen LogP contribution in [-0.4, -0.2) is 30.3 Å². The van der Waals surface area contributed by atoms with Crippen molar-refractivity contribution in [2.75, 3.05) is 7.11 Å². The molecule has 0 heterocycles. The van der Waals surface area contributed by atoms with E-state index in [1.54, 1.807) is 36.4 Å². The van der Waals surface area contributed by atoms with Crippen LogP contribution in [0.5, 0.6) is 11.5 Å². The Morgan fingerprint density at radius 2 is 1.71 bits per heavy atom. The van der Waals surface area contributed by atoms with Crippen LogP contribution in [0.4, 0.5) is 0 Å². The minimum absolute atomic E-state index is 0.220. The first kappa shape index (κ1) is 22.5. The third-order valence-electron chi connectivity index (χ3n) is 5.20. The van der Waals surface area contributed by atoms with Crippen LogP contribution in [0.25, 0.3) is 10.8 Å². The lowest BCUT2D eigenvalue weighted by Crippen LogP contribution is -2.17. The summed E-state index contributed by atoms with van der Waals surface area (Å²) < 4.78 is 11.2. The Balaban J connectivity index is 1.40. The number of hydrogen-bond acceptors (Lipinski definition) is 5. The number of benzene rings is 4. The Morgan fingerprint density at radius 1 is 0.941 bits per heavy atom. The second kappa shape index (κ2) is 10.3. The summed E-state index contributed by atoms with van der Waals surface area (Å²) in [6.45, 7) is 0.255. The Morgan fingerprint density at radius 3 is 2.47 bits per heavy atom. The van der Waals surface area contributed by atoms with Gasteiger partial charge in [0.1, 0.15) is 6.61 Å². The number of carbonyl (C=O) groups is 2. The number of nitrogens with one attached hydrogen (secondary N) is 1. The van der Waals surface area contributed by atoms with Gasteiger partial charge < -0.3 is 14.6 Å². The summed E-state index contributed by atoms with van der Waals surface area (Å²) in [5.41, 5.74) is 4.88. The average Bonchev–Trinajstić information content (AvgIpc) is 2.87. The van der Waals surface area contributed by atoms with E-state index in [2.05, 4.69) is 10.5 Å². The van der Waals surface area contributed by atoms with Crippen LogP contribution in [0.1, 0.15) is 31.8 Å². The van der Waals surface area contributed by atoms with E-state index in [9.17, 15) is 9.59 Å². The van der Waals surface area contributed by atoms with Crippen LogP contribution in [-0.2, 0) is 6.61 Å². The lowest BCUT2D eigenvalue weighted by atomic mass is 10.0. The van der Waals surface area contributed by atoms with Crippen molar-refractivity contribution in [3.05, 3.63) is 107 Å². The molecule has 0 aliphatic carbocycles. The SMILES string of the molecule is COc1cc(C=NNC(=O)c2cccc3ccccc23)ccc1OCc1ccc(C(=O)O)cc1. The first-order valence-corrected chi connectivity index (χ1v) is 10.5. The number of amides is 1. The van der Waals surface area contributed by atoms with Gasteiger partial charge in [-0.15, -0.1) is 0 Å². The van der Waals surface area contributed by atoms with Crippen LogP contribution in [0.2, 0.25) is 0 Å². The average molecular weight is 454 g/mol. The van der Waals surface area contributed by atoms with Crippen molar-refractivity contribution in [2.45, 2.75) is 6.61 Å². The molecule has 170 valence electrons. The summed E-state index contributed by atoms with van der Waals surface area (Å²) in [7, 11) is 1.53. The van der Waals surface area contributed by atoms with Gasteiger partial charge in [-0.25, -0.2) is 10.2 Å². The third kappa shape index (κ3) is 5.21. The Labute approximate surface area is 196 Å². The fraction of sp³-hybridized carbons (Fsp3) is 0.0741. The summed E-state index contributed by atoms with van der Waals surface area (Å²) in [5, 5.41) is 14.9. The molecule has 4 rings (SSSR count). The van der Waals surface area contributed by atoms with Gasteiger partial charge in [-0.2, -0.15) is 5.10 Å². The largest absolute Gasteiger partial charge is 0.493 e. The molecule has 7 heteroatoms. The maximum Gasteiger partial charge on any atom is 0.335 e. The Bertz CT molecular complexity index is 1360. The van der Waals surface area contributed by atoms with Gasteiger partial charge in [-0.05, 0) is 58.3 Å². The van der Waals surface area contributed by atoms with Gasteiger partial charge in [0.25, 0.3) is 5.91 Å². The Hall–Kier alpha value is -4.65. The molecule has 0 saturated carbocycles. The molecular weight excluding hydrogens is 432 g/mol. The highest BCUT2D eigenvalue weighted by atomic mass is 16.5. The van der Waals surface area contributed by atoms with Gasteiger partial charge in [0.2, 0.25) is 0 Å². The molecular formula is C27H22N2O5. The van der Waals surface area contributed by atoms with Gasteiger partial charge in [-0.3, -0.25) is 4.79 Å². The maximum atomic E-state index is 12.6. The smallest absolute Gasteiger partial charge is 0.335 e. The number of carboxylic acid groups (broad SMARTS) is 1. The van der Waals surface area contributed by atoms with E-state index in [0.29, 0.717) is 22.6 Å². The van der Waals surface area contributed by atoms with Crippen LogP contribution < -0.4 is 14.9 Å². The second-order valence-corrected chi connectivity index (χ2v) is 7.43. The molecule has 0 radical (unpaired) electrons. The zero-order valence-corrected chi connectivity index (χ0v) is 18.4. The van der Waals surface area contributed by atoms with Gasteiger partial charge in [-0.1, -0.05) is 48.5 Å². The minimum atomic E-state index is -0.972. The number of carboxylic acids is 1. The lowest BCUT2D eigenvalue weighted by Gasteiger charge is -2.11. The normalized spacial score (nSPS) is 10.9. The molecule has 0 fully saturated rings. The van der Waals surface area contributed by atoms with Crippen molar-refractivity contribution in [1.29, 1.82) is 0 Å². The van der Waals surface area contributed by atoms with Gasteiger partial charge in [0, 0.05) is 5.56 Å². The minimum Gasteiger partial charge on any atom is -0.493 e. The van der Waals surface area contributed by atoms with Crippen molar-refractivity contribution in [3.63, 3.8) is 0 Å². The molecule has 7 nitrogen and oxygen atoms in total. The lowest BCUT2D eigenvalue weighted by molar-refractivity contribution is 0.0696. The van der Waals surface area contributed by atoms with E-state index in [0.717, 1.165) is 16.3 Å². The topological polar surface area (TPSA) is 97.2 Å². The number of hydrogen-bond donors (Lipinski definition) is 2. The highest BCUT2D eigenvalue weighted by Crippen LogP contribution is 2.28. The van der Waals surface area contributed by atoms with E-state index in [1.165, 1.54) is 25.5 Å². The summed E-state index contributed by atoms with van der Waals surface area (Å²) in [5.74, 6) is -0.234. The van der Waals surface area contributed by atoms with Gasteiger partial charge >= 0.3 is 5.97 Å². The predicted octanol–water partition coefficient (Wildman–Crippen LogP) is 4.89. The van der Waals surface area contributed by atoms with Crippen molar-refractivity contribution in [1.82, 2.24) is 5.43 Å². The standard InChI is InChI=1S/C27H22N2O5/c1-33-25-15-19(11-14-24(25)34-17-18-9-12-21(13-10-18)27(31)32)16-28-29-26(30)23-8-4-6-20-5-2-3-7-22(20)23/h2-16H,17H2,1H3,(H,29,30)(H,31,32). The van der Waals surface area contributed by atoms with Crippen molar-refractivity contribution < 1.29 is 24.2 Å². The van der Waals surface area contributed by atoms with Crippen LogP contribution in [0.3, 0.4) is 0 Å². The molecule has 0 aliphatic heterocycles. The van der Waals surface area contributed by atoms with E-state index in [4.69, 9.17) is 14.6 Å². The zero-order chi connectivity index (χ0) is 23.9. The summed E-state index contributed by atoms with van der Waals surface area (Å²) >= 11 is 0. The van der Waals surface area contributed by atoms with Crippen LogP contribution >= 0.6 is 0 Å².